The first-order chi connectivity index (χ1) is 14.2. The van der Waals surface area contributed by atoms with Crippen LogP contribution in [0.3, 0.4) is 0 Å². The topological polar surface area (TPSA) is 63.7 Å². The number of benzene rings is 1. The maximum Gasteiger partial charge on any atom is 0.221 e. The number of ether oxygens (including phenoxy) is 1. The van der Waals surface area contributed by atoms with Gasteiger partial charge in [0.2, 0.25) is 10.0 Å². The summed E-state index contributed by atoms with van der Waals surface area (Å²) in [5.41, 5.74) is 0.114. The molecule has 0 aromatic heterocycles. The predicted octanol–water partition coefficient (Wildman–Crippen LogP) is 4.18. The maximum atomic E-state index is 14.7. The standard InChI is InChI=1S/C22H27ClFNO4S/c23-19-8-18(21(26)13-30(27,28)25-2-1-3-25)20(24)7-17(19)12-29-22-9-14-4-15(10-22)6-16(5-14)11-22/h7-8,14-16H,1-6,9-13H2. The number of sulfonamides is 1. The molecule has 1 aliphatic heterocycles. The Morgan fingerprint density at radius 1 is 1.13 bits per heavy atom. The molecule has 1 aromatic rings. The minimum atomic E-state index is -3.70. The summed E-state index contributed by atoms with van der Waals surface area (Å²) < 4.78 is 46.7. The Labute approximate surface area is 182 Å². The van der Waals surface area contributed by atoms with Gasteiger partial charge < -0.3 is 4.74 Å². The van der Waals surface area contributed by atoms with Crippen molar-refractivity contribution in [1.82, 2.24) is 4.31 Å². The van der Waals surface area contributed by atoms with Crippen LogP contribution in [0, 0.1) is 23.6 Å². The van der Waals surface area contributed by atoms with E-state index in [0.717, 1.165) is 43.4 Å². The largest absolute Gasteiger partial charge is 0.370 e. The summed E-state index contributed by atoms with van der Waals surface area (Å²) in [6, 6.07) is 2.48. The quantitative estimate of drug-likeness (QED) is 0.578. The van der Waals surface area contributed by atoms with Gasteiger partial charge in [0.05, 0.1) is 17.8 Å². The number of Topliss-reactive ketones (excluding diaryl/α,β-unsaturated/α-hetero) is 1. The second-order valence-electron chi connectivity index (χ2n) is 9.74. The van der Waals surface area contributed by atoms with Gasteiger partial charge >= 0.3 is 0 Å². The summed E-state index contributed by atoms with van der Waals surface area (Å²) in [4.78, 5) is 12.4. The van der Waals surface area contributed by atoms with Gasteiger partial charge in [-0.3, -0.25) is 4.79 Å². The molecule has 164 valence electrons. The summed E-state index contributed by atoms with van der Waals surface area (Å²) in [7, 11) is -3.70. The van der Waals surface area contributed by atoms with Crippen molar-refractivity contribution >= 4 is 27.4 Å². The monoisotopic (exact) mass is 455 g/mol. The predicted molar refractivity (Wildman–Crippen MR) is 111 cm³/mol. The lowest BCUT2D eigenvalue weighted by atomic mass is 9.54. The van der Waals surface area contributed by atoms with Crippen LogP contribution in [0.4, 0.5) is 4.39 Å². The third kappa shape index (κ3) is 3.83. The average molecular weight is 456 g/mol. The highest BCUT2D eigenvalue weighted by molar-refractivity contribution is 7.89. The Kier molecular flexibility index (Phi) is 5.24. The van der Waals surface area contributed by atoms with Crippen molar-refractivity contribution in [3.05, 3.63) is 34.1 Å². The molecule has 6 rings (SSSR count). The van der Waals surface area contributed by atoms with E-state index in [1.807, 2.05) is 0 Å². The number of carbonyl (C=O) groups is 1. The fraction of sp³-hybridized carbons (Fsp3) is 0.682. The molecule has 4 saturated carbocycles. The SMILES string of the molecule is O=C(CS(=O)(=O)N1CCC1)c1cc(Cl)c(COC23CC4CC(CC(C4)C2)C3)cc1F. The Hall–Kier alpha value is -1.02. The summed E-state index contributed by atoms with van der Waals surface area (Å²) in [5.74, 6) is -0.00350. The Bertz CT molecular complexity index is 940. The van der Waals surface area contributed by atoms with Gasteiger partial charge in [0.15, 0.2) is 5.78 Å². The molecule has 30 heavy (non-hydrogen) atoms. The van der Waals surface area contributed by atoms with Gasteiger partial charge in [-0.05, 0) is 80.4 Å². The number of nitrogens with zero attached hydrogens (tertiary/aromatic N) is 1. The molecule has 0 N–H and O–H groups in total. The van der Waals surface area contributed by atoms with Gasteiger partial charge in [0.25, 0.3) is 0 Å². The number of carbonyl (C=O) groups excluding carboxylic acids is 1. The molecule has 5 nitrogen and oxygen atoms in total. The molecule has 8 heteroatoms. The third-order valence-electron chi connectivity index (χ3n) is 7.47. The normalized spacial score (nSPS) is 32.9. The smallest absolute Gasteiger partial charge is 0.221 e. The van der Waals surface area contributed by atoms with Crippen molar-refractivity contribution in [3.8, 4) is 0 Å². The second kappa shape index (κ2) is 7.54. The molecule has 5 aliphatic rings. The zero-order chi connectivity index (χ0) is 21.1. The van der Waals surface area contributed by atoms with Gasteiger partial charge in [0.1, 0.15) is 11.6 Å². The number of halogens is 2. The van der Waals surface area contributed by atoms with Crippen molar-refractivity contribution < 1.29 is 22.3 Å². The first-order valence-corrected chi connectivity index (χ1v) is 12.8. The molecule has 0 amide bonds. The lowest BCUT2D eigenvalue weighted by Crippen LogP contribution is -2.51. The van der Waals surface area contributed by atoms with Crippen LogP contribution in [0.1, 0.15) is 60.9 Å². The molecule has 4 bridgehead atoms. The third-order valence-corrected chi connectivity index (χ3v) is 9.61. The van der Waals surface area contributed by atoms with Crippen molar-refractivity contribution in [1.29, 1.82) is 0 Å². The van der Waals surface area contributed by atoms with Crippen LogP contribution >= 0.6 is 11.6 Å². The first kappa shape index (κ1) is 20.9. The van der Waals surface area contributed by atoms with Crippen LogP contribution in [0.15, 0.2) is 12.1 Å². The minimum Gasteiger partial charge on any atom is -0.370 e. The number of rotatable bonds is 7. The molecule has 0 unspecified atom stereocenters. The Morgan fingerprint density at radius 2 is 1.73 bits per heavy atom. The van der Waals surface area contributed by atoms with E-state index in [0.29, 0.717) is 18.7 Å². The molecule has 0 spiro atoms. The molecule has 0 radical (unpaired) electrons. The van der Waals surface area contributed by atoms with Crippen molar-refractivity contribution in [2.75, 3.05) is 18.8 Å². The van der Waals surface area contributed by atoms with Gasteiger partial charge in [-0.2, -0.15) is 0 Å². The van der Waals surface area contributed by atoms with E-state index in [1.165, 1.54) is 35.7 Å². The fourth-order valence-electron chi connectivity index (χ4n) is 6.25. The Balaban J connectivity index is 1.28. The fourth-order valence-corrected chi connectivity index (χ4v) is 7.95. The summed E-state index contributed by atoms with van der Waals surface area (Å²) in [6.07, 6.45) is 7.95. The Morgan fingerprint density at radius 3 is 2.27 bits per heavy atom. The lowest BCUT2D eigenvalue weighted by Gasteiger charge is -2.56. The lowest BCUT2D eigenvalue weighted by molar-refractivity contribution is -0.168. The number of hydrogen-bond acceptors (Lipinski definition) is 4. The van der Waals surface area contributed by atoms with Gasteiger partial charge in [-0.1, -0.05) is 11.6 Å². The maximum absolute atomic E-state index is 14.7. The van der Waals surface area contributed by atoms with Crippen molar-refractivity contribution in [3.63, 3.8) is 0 Å². The zero-order valence-corrected chi connectivity index (χ0v) is 18.5. The van der Waals surface area contributed by atoms with E-state index < -0.39 is 27.4 Å². The van der Waals surface area contributed by atoms with Crippen LogP contribution in [0.5, 0.6) is 0 Å². The zero-order valence-electron chi connectivity index (χ0n) is 16.9. The molecule has 4 aliphatic carbocycles. The highest BCUT2D eigenvalue weighted by Crippen LogP contribution is 2.57. The van der Waals surface area contributed by atoms with E-state index in [2.05, 4.69) is 0 Å². The van der Waals surface area contributed by atoms with E-state index in [-0.39, 0.29) is 22.8 Å². The van der Waals surface area contributed by atoms with Gasteiger partial charge in [0, 0.05) is 18.1 Å². The van der Waals surface area contributed by atoms with Crippen LogP contribution < -0.4 is 0 Å². The van der Waals surface area contributed by atoms with Gasteiger partial charge in [-0.15, -0.1) is 0 Å². The molecule has 1 saturated heterocycles. The van der Waals surface area contributed by atoms with Crippen LogP contribution in [0.2, 0.25) is 5.02 Å². The number of hydrogen-bond donors (Lipinski definition) is 0. The minimum absolute atomic E-state index is 0.117. The summed E-state index contributed by atoms with van der Waals surface area (Å²) >= 11 is 6.35. The summed E-state index contributed by atoms with van der Waals surface area (Å²) in [5, 5.41) is 0.242. The molecular formula is C22H27ClFNO4S. The molecule has 1 aromatic carbocycles. The van der Waals surface area contributed by atoms with E-state index >= 15 is 0 Å². The van der Waals surface area contributed by atoms with Crippen LogP contribution in [-0.4, -0.2) is 42.9 Å². The second-order valence-corrected chi connectivity index (χ2v) is 12.1. The van der Waals surface area contributed by atoms with E-state index in [4.69, 9.17) is 16.3 Å². The molecule has 0 atom stereocenters. The van der Waals surface area contributed by atoms with E-state index in [1.54, 1.807) is 0 Å². The highest BCUT2D eigenvalue weighted by Gasteiger charge is 2.51. The van der Waals surface area contributed by atoms with Crippen LogP contribution in [-0.2, 0) is 21.4 Å². The van der Waals surface area contributed by atoms with Crippen molar-refractivity contribution in [2.45, 2.75) is 57.2 Å². The average Bonchev–Trinajstić information content (AvgIpc) is 2.58. The summed E-state index contributed by atoms with van der Waals surface area (Å²) in [6.45, 7) is 1.04. The highest BCUT2D eigenvalue weighted by atomic mass is 35.5. The van der Waals surface area contributed by atoms with Crippen molar-refractivity contribution in [2.24, 2.45) is 17.8 Å². The molecular weight excluding hydrogens is 429 g/mol. The van der Waals surface area contributed by atoms with Crippen LogP contribution in [0.25, 0.3) is 0 Å². The number of ketones is 1. The van der Waals surface area contributed by atoms with Gasteiger partial charge in [-0.25, -0.2) is 17.1 Å². The molecule has 5 fully saturated rings. The molecule has 1 heterocycles. The first-order valence-electron chi connectivity index (χ1n) is 10.9. The van der Waals surface area contributed by atoms with E-state index in [9.17, 15) is 17.6 Å².